The quantitative estimate of drug-likeness (QED) is 0.245. The van der Waals surface area contributed by atoms with Crippen molar-refractivity contribution in [2.45, 2.75) is 118 Å². The third kappa shape index (κ3) is 4.16. The first kappa shape index (κ1) is 31.6. The fraction of sp³-hybridized carbons (Fsp3) is 0.757. The van der Waals surface area contributed by atoms with Crippen molar-refractivity contribution in [1.82, 2.24) is 0 Å². The summed E-state index contributed by atoms with van der Waals surface area (Å²) in [6.45, 7) is 16.1. The highest BCUT2D eigenvalue weighted by Crippen LogP contribution is 2.75. The number of hydrogen-bond acceptors (Lipinski definition) is 5. The molecule has 1 aromatic rings. The minimum atomic E-state index is -1.16. The molecule has 0 amide bonds. The minimum absolute atomic E-state index is 0.0568. The Hall–Kier alpha value is -1.40. The van der Waals surface area contributed by atoms with Crippen molar-refractivity contribution in [1.29, 1.82) is 0 Å². The summed E-state index contributed by atoms with van der Waals surface area (Å²) in [5.74, 6) is 1.19. The fourth-order valence-corrected chi connectivity index (χ4v) is 11.9. The van der Waals surface area contributed by atoms with E-state index in [4.69, 9.17) is 16.3 Å². The molecule has 6 heteroatoms. The summed E-state index contributed by atoms with van der Waals surface area (Å²) < 4.78 is 6.15. The van der Waals surface area contributed by atoms with Gasteiger partial charge >= 0.3 is 5.97 Å². The van der Waals surface area contributed by atoms with Crippen LogP contribution in [-0.4, -0.2) is 39.6 Å². The second kappa shape index (κ2) is 10.3. The molecule has 0 aromatic heterocycles. The highest BCUT2D eigenvalue weighted by Gasteiger charge is 2.72. The van der Waals surface area contributed by atoms with Crippen molar-refractivity contribution in [2.75, 3.05) is 0 Å². The lowest BCUT2D eigenvalue weighted by Gasteiger charge is -2.72. The number of allylic oxidation sites excluding steroid dienone is 2. The summed E-state index contributed by atoms with van der Waals surface area (Å²) in [4.78, 5) is 14.2. The van der Waals surface area contributed by atoms with Gasteiger partial charge in [-0.25, -0.2) is 0 Å². The summed E-state index contributed by atoms with van der Waals surface area (Å²) in [6.07, 6.45) is 5.69. The first-order valence-corrected chi connectivity index (χ1v) is 17.1. The van der Waals surface area contributed by atoms with Crippen LogP contribution in [0.5, 0.6) is 0 Å². The van der Waals surface area contributed by atoms with E-state index in [1.807, 2.05) is 24.3 Å². The molecule has 5 aliphatic rings. The summed E-state index contributed by atoms with van der Waals surface area (Å²) in [5.41, 5.74) is 0.585. The van der Waals surface area contributed by atoms with Crippen LogP contribution in [-0.2, 0) is 16.1 Å². The van der Waals surface area contributed by atoms with Crippen molar-refractivity contribution in [3.63, 3.8) is 0 Å². The van der Waals surface area contributed by atoms with Crippen molar-refractivity contribution in [2.24, 2.45) is 56.7 Å². The van der Waals surface area contributed by atoms with Crippen LogP contribution in [0, 0.1) is 56.7 Å². The molecule has 0 bridgehead atoms. The highest BCUT2D eigenvalue weighted by atomic mass is 35.5. The maximum absolute atomic E-state index is 14.2. The van der Waals surface area contributed by atoms with Crippen LogP contribution in [0.4, 0.5) is 0 Å². The normalized spacial score (nSPS) is 48.6. The Morgan fingerprint density at radius 2 is 1.58 bits per heavy atom. The van der Waals surface area contributed by atoms with E-state index in [1.165, 1.54) is 5.57 Å². The molecular weight excluding hydrogens is 560 g/mol. The molecule has 0 radical (unpaired) electrons. The van der Waals surface area contributed by atoms with Crippen molar-refractivity contribution in [3.8, 4) is 0 Å². The van der Waals surface area contributed by atoms with Gasteiger partial charge in [0.2, 0.25) is 0 Å². The maximum atomic E-state index is 14.2. The molecule has 0 saturated heterocycles. The topological polar surface area (TPSA) is 87.0 Å². The molecule has 4 saturated carbocycles. The van der Waals surface area contributed by atoms with Gasteiger partial charge in [-0.05, 0) is 108 Å². The first-order valence-electron chi connectivity index (χ1n) is 16.7. The number of rotatable bonds is 3. The van der Waals surface area contributed by atoms with Gasteiger partial charge in [-0.1, -0.05) is 83.8 Å². The van der Waals surface area contributed by atoms with E-state index in [0.29, 0.717) is 16.9 Å². The van der Waals surface area contributed by atoms with Crippen LogP contribution >= 0.6 is 11.6 Å². The zero-order valence-corrected chi connectivity index (χ0v) is 28.0. The van der Waals surface area contributed by atoms with Gasteiger partial charge in [0.25, 0.3) is 0 Å². The Morgan fingerprint density at radius 1 is 0.907 bits per heavy atom. The molecule has 12 atom stereocenters. The monoisotopic (exact) mass is 612 g/mol. The minimum Gasteiger partial charge on any atom is -0.460 e. The Morgan fingerprint density at radius 3 is 2.26 bits per heavy atom. The Bertz CT molecular complexity index is 1290. The molecule has 0 heterocycles. The maximum Gasteiger partial charge on any atom is 0.313 e. The fourth-order valence-electron chi connectivity index (χ4n) is 11.8. The molecule has 5 nitrogen and oxygen atoms in total. The van der Waals surface area contributed by atoms with E-state index in [1.54, 1.807) is 0 Å². The molecule has 0 spiro atoms. The molecule has 0 unspecified atom stereocenters. The number of carbonyl (C=O) groups is 1. The van der Waals surface area contributed by atoms with E-state index in [9.17, 15) is 20.1 Å². The van der Waals surface area contributed by atoms with Crippen molar-refractivity contribution in [3.05, 3.63) is 46.5 Å². The predicted molar refractivity (Wildman–Crippen MR) is 169 cm³/mol. The van der Waals surface area contributed by atoms with Gasteiger partial charge in [-0.15, -0.1) is 0 Å². The summed E-state index contributed by atoms with van der Waals surface area (Å²) in [6, 6.07) is 7.52. The van der Waals surface area contributed by atoms with Crippen LogP contribution < -0.4 is 0 Å². The van der Waals surface area contributed by atoms with Gasteiger partial charge in [-0.3, -0.25) is 4.79 Å². The Labute approximate surface area is 263 Å². The lowest BCUT2D eigenvalue weighted by Crippen LogP contribution is -2.72. The predicted octanol–water partition coefficient (Wildman–Crippen LogP) is 7.34. The largest absolute Gasteiger partial charge is 0.460 e. The number of aliphatic hydroxyl groups is 3. The van der Waals surface area contributed by atoms with Crippen molar-refractivity contribution < 1.29 is 24.9 Å². The van der Waals surface area contributed by atoms with Gasteiger partial charge in [-0.2, -0.15) is 0 Å². The van der Waals surface area contributed by atoms with E-state index in [2.05, 4.69) is 54.5 Å². The number of ether oxygens (including phenoxy) is 1. The number of fused-ring (bicyclic) bond motifs is 7. The molecule has 1 aromatic carbocycles. The van der Waals surface area contributed by atoms with Gasteiger partial charge in [0, 0.05) is 10.4 Å². The third-order valence-electron chi connectivity index (χ3n) is 14.8. The third-order valence-corrected chi connectivity index (χ3v) is 15.1. The molecular formula is C37H53ClO5. The summed E-state index contributed by atoms with van der Waals surface area (Å²) >= 11 is 6.08. The van der Waals surface area contributed by atoms with Gasteiger partial charge in [0.1, 0.15) is 12.7 Å². The second-order valence-corrected chi connectivity index (χ2v) is 17.0. The standard InChI is InChI=1S/C37H53ClO5/c1-21-14-17-37(32(42)43-20-23-8-10-24(38)11-9-23)19-18-34(5)25(28(37)22(21)2)12-13-27-35(34,6)16-15-26-33(3,4)30(40)29(39)31(41)36(26,27)7/h8-12,21-22,26-31,39-41H,13-20H2,1-7H3/t21-,22+,26+,27+,28+,29-,30+,31+,34-,35-,36+,37+/m1/s1. The highest BCUT2D eigenvalue weighted by molar-refractivity contribution is 6.30. The van der Waals surface area contributed by atoms with E-state index < -0.39 is 34.6 Å². The van der Waals surface area contributed by atoms with Crippen LogP contribution in [0.25, 0.3) is 0 Å². The molecule has 5 aliphatic carbocycles. The molecule has 6 rings (SSSR count). The van der Waals surface area contributed by atoms with Gasteiger partial charge in [0.15, 0.2) is 0 Å². The zero-order valence-electron chi connectivity index (χ0n) is 27.2. The van der Waals surface area contributed by atoms with E-state index in [0.717, 1.165) is 50.5 Å². The summed E-state index contributed by atoms with van der Waals surface area (Å²) in [5, 5.41) is 34.6. The van der Waals surface area contributed by atoms with Crippen LogP contribution in [0.1, 0.15) is 99.0 Å². The number of benzene rings is 1. The average molecular weight is 613 g/mol. The molecule has 43 heavy (non-hydrogen) atoms. The lowest BCUT2D eigenvalue weighted by atomic mass is 9.33. The number of hydrogen-bond donors (Lipinski definition) is 3. The number of carbonyl (C=O) groups excluding carboxylic acids is 1. The van der Waals surface area contributed by atoms with E-state index >= 15 is 0 Å². The van der Waals surface area contributed by atoms with E-state index in [-0.39, 0.29) is 41.2 Å². The molecule has 0 aliphatic heterocycles. The summed E-state index contributed by atoms with van der Waals surface area (Å²) in [7, 11) is 0. The molecule has 238 valence electrons. The van der Waals surface area contributed by atoms with Gasteiger partial charge in [0.05, 0.1) is 17.6 Å². The first-order chi connectivity index (χ1) is 20.1. The average Bonchev–Trinajstić information content (AvgIpc) is 2.97. The smallest absolute Gasteiger partial charge is 0.313 e. The number of aliphatic hydroxyl groups excluding tert-OH is 3. The van der Waals surface area contributed by atoms with Gasteiger partial charge < -0.3 is 20.1 Å². The number of esters is 1. The molecule has 4 fully saturated rings. The Kier molecular flexibility index (Phi) is 7.57. The molecule has 3 N–H and O–H groups in total. The van der Waals surface area contributed by atoms with Crippen LogP contribution in [0.3, 0.4) is 0 Å². The number of halogens is 1. The Balaban J connectivity index is 1.39. The van der Waals surface area contributed by atoms with Crippen LogP contribution in [0.15, 0.2) is 35.9 Å². The zero-order chi connectivity index (χ0) is 31.3. The second-order valence-electron chi connectivity index (χ2n) is 16.6. The SMILES string of the molecule is C[C@H]1[C@H](C)CC[C@]2(C(=O)OCc3ccc(Cl)cc3)CC[C@]3(C)C(=CC[C@@H]4[C@@]5(C)[C@@H](O)[C@H](O)[C@H](O)C(C)(C)[C@@H]5CC[C@]43C)[C@H]12. The van der Waals surface area contributed by atoms with Crippen molar-refractivity contribution >= 4 is 17.6 Å². The lowest BCUT2D eigenvalue weighted by molar-refractivity contribution is -0.278. The van der Waals surface area contributed by atoms with Crippen LogP contribution in [0.2, 0.25) is 5.02 Å².